The van der Waals surface area contributed by atoms with Gasteiger partial charge in [-0.3, -0.25) is 0 Å². The predicted molar refractivity (Wildman–Crippen MR) is 63.3 cm³/mol. The molecule has 1 aliphatic heterocycles. The van der Waals surface area contributed by atoms with Crippen LogP contribution in [0.2, 0.25) is 0 Å². The number of aliphatic hydroxyl groups is 3. The van der Waals surface area contributed by atoms with E-state index in [1.807, 2.05) is 0 Å². The van der Waals surface area contributed by atoms with Crippen molar-refractivity contribution in [1.29, 1.82) is 0 Å². The molecule has 0 amide bonds. The van der Waals surface area contributed by atoms with Gasteiger partial charge in [-0.25, -0.2) is 4.98 Å². The molecule has 1 aliphatic rings. The second-order valence-corrected chi connectivity index (χ2v) is 4.72. The number of hydrogen-bond donors (Lipinski definition) is 4. The first-order valence-electron chi connectivity index (χ1n) is 5.12. The molecule has 0 bridgehead atoms. The highest BCUT2D eigenvalue weighted by atomic mass is 79.9. The van der Waals surface area contributed by atoms with Crippen LogP contribution in [0.5, 0.6) is 0 Å². The van der Waals surface area contributed by atoms with Crippen molar-refractivity contribution >= 4 is 21.7 Å². The molecule has 2 rings (SSSR count). The van der Waals surface area contributed by atoms with Gasteiger partial charge in [0, 0.05) is 10.7 Å². The van der Waals surface area contributed by atoms with Gasteiger partial charge >= 0.3 is 0 Å². The Balaban J connectivity index is 2.01. The number of nitrogens with zero attached hydrogens (tertiary/aromatic N) is 1. The minimum Gasteiger partial charge on any atom is -0.388 e. The molecule has 1 fully saturated rings. The molecular weight excluding hydrogens is 292 g/mol. The van der Waals surface area contributed by atoms with E-state index in [2.05, 4.69) is 26.2 Å². The van der Waals surface area contributed by atoms with Gasteiger partial charge in [-0.1, -0.05) is 0 Å². The Hall–Kier alpha value is -0.730. The van der Waals surface area contributed by atoms with Crippen LogP contribution in [0.15, 0.2) is 22.8 Å². The quantitative estimate of drug-likeness (QED) is 0.599. The summed E-state index contributed by atoms with van der Waals surface area (Å²) < 4.78 is 6.02. The maximum Gasteiger partial charge on any atom is 0.157 e. The Labute approximate surface area is 106 Å². The van der Waals surface area contributed by atoms with Crippen molar-refractivity contribution in [2.45, 2.75) is 24.5 Å². The monoisotopic (exact) mass is 304 g/mol. The third kappa shape index (κ3) is 2.93. The van der Waals surface area contributed by atoms with E-state index in [9.17, 15) is 15.3 Å². The lowest BCUT2D eigenvalue weighted by Gasteiger charge is -2.35. The Morgan fingerprint density at radius 3 is 2.71 bits per heavy atom. The SMILES string of the molecule is O[C@H]1[C@H](O)[C@H](Nc2ccc(Br)cn2)OC[C@H]1O. The standard InChI is InChI=1S/C10H13BrN2O4/c11-5-1-2-7(12-3-5)13-10-9(16)8(15)6(14)4-17-10/h1-3,6,8-10,14-16H,4H2,(H,12,13)/t6-,8-,9+,10-/m1/s1. The second-order valence-electron chi connectivity index (χ2n) is 3.81. The molecule has 0 radical (unpaired) electrons. The summed E-state index contributed by atoms with van der Waals surface area (Å²) in [5, 5.41) is 31.3. The average molecular weight is 305 g/mol. The van der Waals surface area contributed by atoms with Crippen LogP contribution in [0, 0.1) is 0 Å². The first-order valence-corrected chi connectivity index (χ1v) is 5.91. The molecule has 0 aromatic carbocycles. The highest BCUT2D eigenvalue weighted by molar-refractivity contribution is 9.10. The Bertz CT molecular complexity index is 375. The summed E-state index contributed by atoms with van der Waals surface area (Å²) >= 11 is 3.26. The third-order valence-electron chi connectivity index (χ3n) is 2.52. The molecule has 1 aromatic heterocycles. The number of rotatable bonds is 2. The largest absolute Gasteiger partial charge is 0.388 e. The lowest BCUT2D eigenvalue weighted by molar-refractivity contribution is -0.178. The van der Waals surface area contributed by atoms with Crippen LogP contribution in [0.4, 0.5) is 5.82 Å². The molecule has 6 nitrogen and oxygen atoms in total. The summed E-state index contributed by atoms with van der Waals surface area (Å²) in [4.78, 5) is 4.06. The molecule has 17 heavy (non-hydrogen) atoms. The fourth-order valence-electron chi connectivity index (χ4n) is 1.54. The number of aliphatic hydroxyl groups excluding tert-OH is 3. The molecular formula is C10H13BrN2O4. The molecule has 1 aromatic rings. The molecule has 0 saturated carbocycles. The lowest BCUT2D eigenvalue weighted by atomic mass is 10.0. The Morgan fingerprint density at radius 2 is 2.06 bits per heavy atom. The number of aromatic nitrogens is 1. The van der Waals surface area contributed by atoms with E-state index in [1.165, 1.54) is 0 Å². The van der Waals surface area contributed by atoms with Gasteiger partial charge in [-0.05, 0) is 28.1 Å². The fraction of sp³-hybridized carbons (Fsp3) is 0.500. The van der Waals surface area contributed by atoms with Crippen molar-refractivity contribution in [3.05, 3.63) is 22.8 Å². The normalized spacial score (nSPS) is 33.4. The van der Waals surface area contributed by atoms with Crippen LogP contribution >= 0.6 is 15.9 Å². The van der Waals surface area contributed by atoms with E-state index < -0.39 is 24.5 Å². The van der Waals surface area contributed by atoms with Crippen molar-refractivity contribution in [2.24, 2.45) is 0 Å². The third-order valence-corrected chi connectivity index (χ3v) is 2.99. The van der Waals surface area contributed by atoms with Crippen molar-refractivity contribution in [3.8, 4) is 0 Å². The van der Waals surface area contributed by atoms with E-state index in [-0.39, 0.29) is 6.61 Å². The van der Waals surface area contributed by atoms with Crippen LogP contribution in [-0.2, 0) is 4.74 Å². The summed E-state index contributed by atoms with van der Waals surface area (Å²) in [6.45, 7) is -0.0353. The first kappa shape index (κ1) is 12.7. The highest BCUT2D eigenvalue weighted by Crippen LogP contribution is 2.18. The molecule has 0 aliphatic carbocycles. The van der Waals surface area contributed by atoms with E-state index in [1.54, 1.807) is 18.3 Å². The van der Waals surface area contributed by atoms with E-state index in [0.29, 0.717) is 5.82 Å². The van der Waals surface area contributed by atoms with Gasteiger partial charge in [0.1, 0.15) is 24.1 Å². The molecule has 0 spiro atoms. The number of ether oxygens (including phenoxy) is 1. The zero-order valence-electron chi connectivity index (χ0n) is 8.82. The number of anilines is 1. The molecule has 94 valence electrons. The summed E-state index contributed by atoms with van der Waals surface area (Å²) in [6.07, 6.45) is -2.69. The molecule has 1 saturated heterocycles. The van der Waals surface area contributed by atoms with Gasteiger partial charge in [0.05, 0.1) is 6.61 Å². The van der Waals surface area contributed by atoms with Crippen LogP contribution in [0.3, 0.4) is 0 Å². The Kier molecular flexibility index (Phi) is 3.95. The summed E-state index contributed by atoms with van der Waals surface area (Å²) in [6, 6.07) is 3.49. The molecule has 7 heteroatoms. The van der Waals surface area contributed by atoms with E-state index in [0.717, 1.165) is 4.47 Å². The van der Waals surface area contributed by atoms with Gasteiger partial charge in [-0.2, -0.15) is 0 Å². The number of pyridine rings is 1. The number of nitrogens with one attached hydrogen (secondary N) is 1. The summed E-state index contributed by atoms with van der Waals surface area (Å²) in [5.74, 6) is 0.515. The van der Waals surface area contributed by atoms with Crippen molar-refractivity contribution in [2.75, 3.05) is 11.9 Å². The average Bonchev–Trinajstić information content (AvgIpc) is 2.33. The lowest BCUT2D eigenvalue weighted by Crippen LogP contribution is -2.55. The highest BCUT2D eigenvalue weighted by Gasteiger charge is 2.37. The van der Waals surface area contributed by atoms with Crippen LogP contribution in [0.1, 0.15) is 0 Å². The summed E-state index contributed by atoms with van der Waals surface area (Å²) in [5.41, 5.74) is 0. The first-order chi connectivity index (χ1) is 8.08. The zero-order valence-corrected chi connectivity index (χ0v) is 10.4. The van der Waals surface area contributed by atoms with Crippen LogP contribution in [-0.4, -0.2) is 51.5 Å². The van der Waals surface area contributed by atoms with Crippen molar-refractivity contribution in [3.63, 3.8) is 0 Å². The maximum absolute atomic E-state index is 9.69. The van der Waals surface area contributed by atoms with Crippen molar-refractivity contribution in [1.82, 2.24) is 4.98 Å². The minimum absolute atomic E-state index is 0.0353. The van der Waals surface area contributed by atoms with E-state index >= 15 is 0 Å². The molecule has 0 unspecified atom stereocenters. The fourth-order valence-corrected chi connectivity index (χ4v) is 1.77. The van der Waals surface area contributed by atoms with Gasteiger partial charge < -0.3 is 25.4 Å². The van der Waals surface area contributed by atoms with Gasteiger partial charge in [0.25, 0.3) is 0 Å². The number of hydrogen-bond acceptors (Lipinski definition) is 6. The summed E-state index contributed by atoms with van der Waals surface area (Å²) in [7, 11) is 0. The molecule has 4 atom stereocenters. The van der Waals surface area contributed by atoms with Crippen LogP contribution < -0.4 is 5.32 Å². The van der Waals surface area contributed by atoms with E-state index in [4.69, 9.17) is 4.74 Å². The smallest absolute Gasteiger partial charge is 0.157 e. The predicted octanol–water partition coefficient (Wildman–Crippen LogP) is -0.305. The van der Waals surface area contributed by atoms with Crippen molar-refractivity contribution < 1.29 is 20.1 Å². The van der Waals surface area contributed by atoms with Gasteiger partial charge in [-0.15, -0.1) is 0 Å². The van der Waals surface area contributed by atoms with Gasteiger partial charge in [0.2, 0.25) is 0 Å². The van der Waals surface area contributed by atoms with Gasteiger partial charge in [0.15, 0.2) is 6.23 Å². The van der Waals surface area contributed by atoms with Crippen LogP contribution in [0.25, 0.3) is 0 Å². The topological polar surface area (TPSA) is 94.8 Å². The minimum atomic E-state index is -1.23. The Morgan fingerprint density at radius 1 is 1.29 bits per heavy atom. The second kappa shape index (κ2) is 5.28. The number of halogens is 1. The maximum atomic E-state index is 9.69. The molecule has 2 heterocycles. The molecule has 4 N–H and O–H groups in total. The zero-order chi connectivity index (χ0) is 12.4.